The van der Waals surface area contributed by atoms with Gasteiger partial charge in [0.05, 0.1) is 18.4 Å². The molecule has 0 atom stereocenters. The van der Waals surface area contributed by atoms with E-state index in [4.69, 9.17) is 9.57 Å². The second-order valence-electron chi connectivity index (χ2n) is 4.79. The normalized spacial score (nSPS) is 11.5. The second kappa shape index (κ2) is 8.54. The van der Waals surface area contributed by atoms with Crippen molar-refractivity contribution in [1.82, 2.24) is 0 Å². The van der Waals surface area contributed by atoms with Gasteiger partial charge >= 0.3 is 5.97 Å². The number of oxime groups is 1. The first-order chi connectivity index (χ1) is 11.2. The Hall–Kier alpha value is -2.88. The van der Waals surface area contributed by atoms with Gasteiger partial charge in [0.15, 0.2) is 0 Å². The molecule has 2 aromatic rings. The van der Waals surface area contributed by atoms with Crippen molar-refractivity contribution in [2.45, 2.75) is 13.3 Å². The lowest BCUT2D eigenvalue weighted by Gasteiger charge is -2.02. The maximum Gasteiger partial charge on any atom is 0.365 e. The van der Waals surface area contributed by atoms with Gasteiger partial charge in [-0.3, -0.25) is 0 Å². The minimum absolute atomic E-state index is 0.428. The summed E-state index contributed by atoms with van der Waals surface area (Å²) in [5.41, 5.74) is 2.18. The number of carbonyl (C=O) groups excluding carboxylic acids is 1. The first-order valence-electron chi connectivity index (χ1n) is 7.38. The molecule has 0 heterocycles. The molecule has 2 rings (SSSR count). The average Bonchev–Trinajstić information content (AvgIpc) is 2.62. The Bertz CT molecular complexity index is 688. The monoisotopic (exact) mass is 309 g/mol. The van der Waals surface area contributed by atoms with Crippen LogP contribution in [0.1, 0.15) is 29.3 Å². The van der Waals surface area contributed by atoms with Gasteiger partial charge in [-0.15, -0.1) is 0 Å². The van der Waals surface area contributed by atoms with Gasteiger partial charge in [0.25, 0.3) is 0 Å². The number of benzene rings is 2. The third-order valence-corrected chi connectivity index (χ3v) is 3.20. The van der Waals surface area contributed by atoms with Crippen LogP contribution < -0.4 is 4.74 Å². The highest BCUT2D eigenvalue weighted by atomic mass is 16.7. The highest BCUT2D eigenvalue weighted by Crippen LogP contribution is 2.12. The Morgan fingerprint density at radius 2 is 1.78 bits per heavy atom. The molecule has 0 aliphatic heterocycles. The lowest BCUT2D eigenvalue weighted by molar-refractivity contribution is 0.0516. The van der Waals surface area contributed by atoms with Crippen molar-refractivity contribution < 1.29 is 14.4 Å². The minimum Gasteiger partial charge on any atom is -0.497 e. The Balaban J connectivity index is 2.00. The quantitative estimate of drug-likeness (QED) is 0.453. The minimum atomic E-state index is -0.494. The first kappa shape index (κ1) is 16.5. The van der Waals surface area contributed by atoms with Crippen LogP contribution in [0.3, 0.4) is 0 Å². The fraction of sp³-hybridized carbons (Fsp3) is 0.158. The second-order valence-corrected chi connectivity index (χ2v) is 4.79. The molecule has 0 bridgehead atoms. The van der Waals surface area contributed by atoms with E-state index in [0.29, 0.717) is 23.4 Å². The van der Waals surface area contributed by atoms with Crippen LogP contribution in [0.2, 0.25) is 0 Å². The number of carbonyl (C=O) groups is 1. The third kappa shape index (κ3) is 5.11. The molecule has 0 unspecified atom stereocenters. The Labute approximate surface area is 136 Å². The molecule has 118 valence electrons. The molecule has 4 nitrogen and oxygen atoms in total. The summed E-state index contributed by atoms with van der Waals surface area (Å²) in [6.45, 7) is 1.95. The predicted molar refractivity (Wildman–Crippen MR) is 91.6 cm³/mol. The van der Waals surface area contributed by atoms with Gasteiger partial charge < -0.3 is 9.57 Å². The molecule has 0 spiro atoms. The highest BCUT2D eigenvalue weighted by molar-refractivity contribution is 5.98. The summed E-state index contributed by atoms with van der Waals surface area (Å²) in [7, 11) is 1.57. The molecule has 0 saturated heterocycles. The maximum atomic E-state index is 11.9. The van der Waals surface area contributed by atoms with E-state index in [0.717, 1.165) is 5.56 Å². The highest BCUT2D eigenvalue weighted by Gasteiger charge is 2.07. The van der Waals surface area contributed by atoms with Gasteiger partial charge in [-0.1, -0.05) is 48.5 Å². The Morgan fingerprint density at radius 1 is 1.09 bits per heavy atom. The van der Waals surface area contributed by atoms with E-state index >= 15 is 0 Å². The van der Waals surface area contributed by atoms with Crippen LogP contribution in [0, 0.1) is 0 Å². The zero-order valence-corrected chi connectivity index (χ0v) is 13.2. The van der Waals surface area contributed by atoms with Gasteiger partial charge in [-0.05, 0) is 42.3 Å². The molecule has 0 aliphatic carbocycles. The molecule has 0 N–H and O–H groups in total. The topological polar surface area (TPSA) is 47.9 Å². The van der Waals surface area contributed by atoms with Crippen molar-refractivity contribution in [1.29, 1.82) is 0 Å². The standard InChI is InChI=1S/C19H19NO3/c1-3-17(12-9-15-7-5-4-6-8-15)20-23-19(21)16-10-13-18(22-2)14-11-16/h4-14H,3H2,1-2H3. The number of hydrogen-bond acceptors (Lipinski definition) is 4. The van der Waals surface area contributed by atoms with Crippen LogP contribution in [0.5, 0.6) is 5.75 Å². The van der Waals surface area contributed by atoms with E-state index in [2.05, 4.69) is 5.16 Å². The van der Waals surface area contributed by atoms with E-state index in [1.165, 1.54) is 0 Å². The van der Waals surface area contributed by atoms with Crippen molar-refractivity contribution in [3.63, 3.8) is 0 Å². The van der Waals surface area contributed by atoms with Gasteiger partial charge in [0.2, 0.25) is 0 Å². The van der Waals surface area contributed by atoms with E-state index in [9.17, 15) is 4.79 Å². The van der Waals surface area contributed by atoms with Crippen LogP contribution in [0.25, 0.3) is 6.08 Å². The van der Waals surface area contributed by atoms with Gasteiger partial charge in [0.1, 0.15) is 5.75 Å². The van der Waals surface area contributed by atoms with E-state index in [-0.39, 0.29) is 0 Å². The predicted octanol–water partition coefficient (Wildman–Crippen LogP) is 4.33. The SMILES string of the molecule is CCC(C=Cc1ccccc1)=NOC(=O)c1ccc(OC)cc1. The summed E-state index contributed by atoms with van der Waals surface area (Å²) in [4.78, 5) is 16.9. The molecule has 0 saturated carbocycles. The molecule has 0 radical (unpaired) electrons. The number of hydrogen-bond donors (Lipinski definition) is 0. The molecular weight excluding hydrogens is 290 g/mol. The van der Waals surface area contributed by atoms with Crippen LogP contribution in [0.15, 0.2) is 65.8 Å². The summed E-state index contributed by atoms with van der Waals surface area (Å²) < 4.78 is 5.05. The van der Waals surface area contributed by atoms with E-state index in [1.54, 1.807) is 31.4 Å². The molecule has 0 fully saturated rings. The number of rotatable bonds is 6. The van der Waals surface area contributed by atoms with Gasteiger partial charge in [-0.25, -0.2) is 4.79 Å². The molecule has 0 aliphatic rings. The molecule has 0 amide bonds. The lowest BCUT2D eigenvalue weighted by Crippen LogP contribution is -2.03. The molecule has 0 aromatic heterocycles. The van der Waals surface area contributed by atoms with Crippen molar-refractivity contribution in [2.75, 3.05) is 7.11 Å². The van der Waals surface area contributed by atoms with E-state index in [1.807, 2.05) is 49.4 Å². The molecular formula is C19H19NO3. The number of ether oxygens (including phenoxy) is 1. The average molecular weight is 309 g/mol. The zero-order chi connectivity index (χ0) is 16.5. The van der Waals surface area contributed by atoms with E-state index < -0.39 is 5.97 Å². The summed E-state index contributed by atoms with van der Waals surface area (Å²) in [6.07, 6.45) is 4.44. The number of nitrogens with zero attached hydrogens (tertiary/aromatic N) is 1. The smallest absolute Gasteiger partial charge is 0.365 e. The lowest BCUT2D eigenvalue weighted by atomic mass is 10.2. The molecule has 2 aromatic carbocycles. The summed E-state index contributed by atoms with van der Waals surface area (Å²) in [5.74, 6) is 0.191. The summed E-state index contributed by atoms with van der Waals surface area (Å²) >= 11 is 0. The van der Waals surface area contributed by atoms with Gasteiger partial charge in [0, 0.05) is 0 Å². The Kier molecular flexibility index (Phi) is 6.12. The van der Waals surface area contributed by atoms with Crippen molar-refractivity contribution in [2.24, 2.45) is 5.16 Å². The van der Waals surface area contributed by atoms with Crippen molar-refractivity contribution >= 4 is 17.8 Å². The third-order valence-electron chi connectivity index (χ3n) is 3.20. The van der Waals surface area contributed by atoms with Crippen LogP contribution in [-0.4, -0.2) is 18.8 Å². The van der Waals surface area contributed by atoms with Gasteiger partial charge in [-0.2, -0.15) is 0 Å². The van der Waals surface area contributed by atoms with Crippen molar-refractivity contribution in [3.8, 4) is 5.75 Å². The number of allylic oxidation sites excluding steroid dienone is 1. The summed E-state index contributed by atoms with van der Waals surface area (Å²) in [5, 5.41) is 3.93. The molecule has 4 heteroatoms. The largest absolute Gasteiger partial charge is 0.497 e. The maximum absolute atomic E-state index is 11.9. The fourth-order valence-corrected chi connectivity index (χ4v) is 1.85. The van der Waals surface area contributed by atoms with Crippen molar-refractivity contribution in [3.05, 3.63) is 71.8 Å². The van der Waals surface area contributed by atoms with Crippen LogP contribution >= 0.6 is 0 Å². The fourth-order valence-electron chi connectivity index (χ4n) is 1.85. The first-order valence-corrected chi connectivity index (χ1v) is 7.38. The molecule has 23 heavy (non-hydrogen) atoms. The zero-order valence-electron chi connectivity index (χ0n) is 13.2. The number of methoxy groups -OCH3 is 1. The summed E-state index contributed by atoms with van der Waals surface area (Å²) in [6, 6.07) is 16.6. The van der Waals surface area contributed by atoms with Crippen LogP contribution in [0.4, 0.5) is 0 Å². The van der Waals surface area contributed by atoms with Crippen LogP contribution in [-0.2, 0) is 4.84 Å². The Morgan fingerprint density at radius 3 is 2.39 bits per heavy atom.